The first-order chi connectivity index (χ1) is 8.29. The summed E-state index contributed by atoms with van der Waals surface area (Å²) in [6, 6.07) is 9.83. The first-order valence-corrected chi connectivity index (χ1v) is 5.57. The van der Waals surface area contributed by atoms with Gasteiger partial charge in [0.05, 0.1) is 5.69 Å². The number of hydrogen-bond donors (Lipinski definition) is 1. The van der Waals surface area contributed by atoms with Gasteiger partial charge in [0, 0.05) is 18.2 Å². The van der Waals surface area contributed by atoms with Crippen LogP contribution in [0.2, 0.25) is 0 Å². The van der Waals surface area contributed by atoms with Crippen LogP contribution in [0.25, 0.3) is 0 Å². The molecular formula is C13H16N2O2. The van der Waals surface area contributed by atoms with Crippen molar-refractivity contribution in [3.63, 3.8) is 0 Å². The molecule has 0 aliphatic rings. The Bertz CT molecular complexity index is 480. The summed E-state index contributed by atoms with van der Waals surface area (Å²) in [5.74, 6) is 1.61. The highest BCUT2D eigenvalue weighted by Crippen LogP contribution is 2.19. The Morgan fingerprint density at radius 3 is 2.88 bits per heavy atom. The van der Waals surface area contributed by atoms with Crippen molar-refractivity contribution in [2.45, 2.75) is 20.1 Å². The van der Waals surface area contributed by atoms with Crippen LogP contribution >= 0.6 is 0 Å². The Kier molecular flexibility index (Phi) is 3.77. The first kappa shape index (κ1) is 11.7. The van der Waals surface area contributed by atoms with Crippen molar-refractivity contribution in [3.05, 3.63) is 47.3 Å². The molecule has 0 saturated heterocycles. The van der Waals surface area contributed by atoms with E-state index < -0.39 is 0 Å². The lowest BCUT2D eigenvalue weighted by atomic mass is 10.2. The third kappa shape index (κ3) is 3.07. The van der Waals surface area contributed by atoms with E-state index in [9.17, 15) is 0 Å². The Morgan fingerprint density at radius 1 is 1.35 bits per heavy atom. The molecule has 1 aromatic heterocycles. The average molecular weight is 232 g/mol. The van der Waals surface area contributed by atoms with Gasteiger partial charge < -0.3 is 14.6 Å². The smallest absolute Gasteiger partial charge is 0.174 e. The summed E-state index contributed by atoms with van der Waals surface area (Å²) >= 11 is 0. The average Bonchev–Trinajstić information content (AvgIpc) is 2.74. The Morgan fingerprint density at radius 2 is 2.18 bits per heavy atom. The molecule has 1 heterocycles. The van der Waals surface area contributed by atoms with Gasteiger partial charge in [-0.3, -0.25) is 0 Å². The van der Waals surface area contributed by atoms with Crippen LogP contribution in [0.4, 0.5) is 0 Å². The predicted molar refractivity (Wildman–Crippen MR) is 64.8 cm³/mol. The van der Waals surface area contributed by atoms with Crippen LogP contribution in [0.3, 0.4) is 0 Å². The zero-order valence-electron chi connectivity index (χ0n) is 10.1. The third-order valence-corrected chi connectivity index (χ3v) is 2.39. The fourth-order valence-corrected chi connectivity index (χ4v) is 1.61. The summed E-state index contributed by atoms with van der Waals surface area (Å²) in [5.41, 5.74) is 2.00. The number of para-hydroxylation sites is 1. The molecule has 1 aromatic carbocycles. The Balaban J connectivity index is 2.03. The molecule has 0 saturated carbocycles. The van der Waals surface area contributed by atoms with Crippen LogP contribution in [0, 0.1) is 6.92 Å². The summed E-state index contributed by atoms with van der Waals surface area (Å²) in [5, 5.41) is 6.93. The second-order valence-electron chi connectivity index (χ2n) is 3.86. The molecule has 0 radical (unpaired) electrons. The molecular weight excluding hydrogens is 216 g/mol. The van der Waals surface area contributed by atoms with Crippen molar-refractivity contribution in [1.29, 1.82) is 0 Å². The van der Waals surface area contributed by atoms with Crippen LogP contribution in [0.5, 0.6) is 5.75 Å². The van der Waals surface area contributed by atoms with E-state index in [1.165, 1.54) is 0 Å². The molecule has 17 heavy (non-hydrogen) atoms. The van der Waals surface area contributed by atoms with E-state index in [2.05, 4.69) is 10.5 Å². The summed E-state index contributed by atoms with van der Waals surface area (Å²) in [6.45, 7) is 3.08. The summed E-state index contributed by atoms with van der Waals surface area (Å²) in [4.78, 5) is 0. The molecule has 0 fully saturated rings. The number of nitrogens with zero attached hydrogens (tertiary/aromatic N) is 1. The Labute approximate surface area is 101 Å². The van der Waals surface area contributed by atoms with Gasteiger partial charge >= 0.3 is 0 Å². The predicted octanol–water partition coefficient (Wildman–Crippen LogP) is 2.28. The standard InChI is InChI=1S/C13H16N2O2/c1-10-7-12(17-15-10)9-16-13-6-4-3-5-11(13)8-14-2/h3-7,14H,8-9H2,1-2H3. The van der Waals surface area contributed by atoms with Gasteiger partial charge in [-0.2, -0.15) is 0 Å². The van der Waals surface area contributed by atoms with Crippen molar-refractivity contribution >= 4 is 0 Å². The zero-order valence-corrected chi connectivity index (χ0v) is 10.1. The maximum Gasteiger partial charge on any atom is 0.174 e. The van der Waals surface area contributed by atoms with Gasteiger partial charge in [0.25, 0.3) is 0 Å². The molecule has 0 aliphatic carbocycles. The van der Waals surface area contributed by atoms with E-state index in [-0.39, 0.29) is 0 Å². The van der Waals surface area contributed by atoms with Crippen LogP contribution < -0.4 is 10.1 Å². The van der Waals surface area contributed by atoms with E-state index in [4.69, 9.17) is 9.26 Å². The molecule has 0 bridgehead atoms. The molecule has 0 aliphatic heterocycles. The maximum absolute atomic E-state index is 5.72. The van der Waals surface area contributed by atoms with E-state index in [1.807, 2.05) is 44.3 Å². The maximum atomic E-state index is 5.72. The summed E-state index contributed by atoms with van der Waals surface area (Å²) in [6.07, 6.45) is 0. The van der Waals surface area contributed by atoms with E-state index in [0.29, 0.717) is 6.61 Å². The number of nitrogens with one attached hydrogen (secondary N) is 1. The van der Waals surface area contributed by atoms with Crippen LogP contribution in [-0.4, -0.2) is 12.2 Å². The van der Waals surface area contributed by atoms with E-state index >= 15 is 0 Å². The monoisotopic (exact) mass is 232 g/mol. The minimum atomic E-state index is 0.404. The molecule has 0 spiro atoms. The zero-order chi connectivity index (χ0) is 12.1. The molecule has 1 N–H and O–H groups in total. The van der Waals surface area contributed by atoms with Crippen LogP contribution in [0.15, 0.2) is 34.9 Å². The number of rotatable bonds is 5. The second-order valence-corrected chi connectivity index (χ2v) is 3.86. The minimum absolute atomic E-state index is 0.404. The Hall–Kier alpha value is -1.81. The quantitative estimate of drug-likeness (QED) is 0.859. The number of benzene rings is 1. The molecule has 90 valence electrons. The van der Waals surface area contributed by atoms with Gasteiger partial charge in [0.2, 0.25) is 0 Å². The molecule has 2 aromatic rings. The molecule has 4 heteroatoms. The molecule has 4 nitrogen and oxygen atoms in total. The minimum Gasteiger partial charge on any atom is -0.485 e. The third-order valence-electron chi connectivity index (χ3n) is 2.39. The highest BCUT2D eigenvalue weighted by molar-refractivity contribution is 5.33. The highest BCUT2D eigenvalue weighted by atomic mass is 16.5. The van der Waals surface area contributed by atoms with Crippen molar-refractivity contribution in [2.75, 3.05) is 7.05 Å². The van der Waals surface area contributed by atoms with Gasteiger partial charge in [-0.05, 0) is 20.0 Å². The lowest BCUT2D eigenvalue weighted by Crippen LogP contribution is -2.07. The molecule has 0 amide bonds. The van der Waals surface area contributed by atoms with E-state index in [1.54, 1.807) is 0 Å². The van der Waals surface area contributed by atoms with Gasteiger partial charge in [0.1, 0.15) is 12.4 Å². The fraction of sp³-hybridized carbons (Fsp3) is 0.308. The first-order valence-electron chi connectivity index (χ1n) is 5.57. The lowest BCUT2D eigenvalue weighted by molar-refractivity contribution is 0.246. The van der Waals surface area contributed by atoms with E-state index in [0.717, 1.165) is 29.3 Å². The number of aromatic nitrogens is 1. The van der Waals surface area contributed by atoms with Crippen LogP contribution in [0.1, 0.15) is 17.0 Å². The summed E-state index contributed by atoms with van der Waals surface area (Å²) in [7, 11) is 1.91. The largest absolute Gasteiger partial charge is 0.485 e. The number of hydrogen-bond acceptors (Lipinski definition) is 4. The SMILES string of the molecule is CNCc1ccccc1OCc1cc(C)no1. The van der Waals surface area contributed by atoms with Crippen molar-refractivity contribution in [3.8, 4) is 5.75 Å². The lowest BCUT2D eigenvalue weighted by Gasteiger charge is -2.09. The molecule has 0 atom stereocenters. The summed E-state index contributed by atoms with van der Waals surface area (Å²) < 4.78 is 10.8. The number of aryl methyl sites for hydroxylation is 1. The molecule has 2 rings (SSSR count). The number of ether oxygens (including phenoxy) is 1. The van der Waals surface area contributed by atoms with Gasteiger partial charge in [-0.15, -0.1) is 0 Å². The fourth-order valence-electron chi connectivity index (χ4n) is 1.61. The second kappa shape index (κ2) is 5.50. The van der Waals surface area contributed by atoms with Crippen molar-refractivity contribution < 1.29 is 9.26 Å². The van der Waals surface area contributed by atoms with Gasteiger partial charge in [0.15, 0.2) is 5.76 Å². The van der Waals surface area contributed by atoms with Gasteiger partial charge in [-0.25, -0.2) is 0 Å². The van der Waals surface area contributed by atoms with Crippen molar-refractivity contribution in [1.82, 2.24) is 10.5 Å². The highest BCUT2D eigenvalue weighted by Gasteiger charge is 2.05. The van der Waals surface area contributed by atoms with Gasteiger partial charge in [-0.1, -0.05) is 23.4 Å². The normalized spacial score (nSPS) is 10.5. The molecule has 0 unspecified atom stereocenters. The topological polar surface area (TPSA) is 47.3 Å². The van der Waals surface area contributed by atoms with Crippen molar-refractivity contribution in [2.24, 2.45) is 0 Å². The van der Waals surface area contributed by atoms with Crippen LogP contribution in [-0.2, 0) is 13.2 Å².